The van der Waals surface area contributed by atoms with Crippen molar-refractivity contribution in [1.82, 2.24) is 15.0 Å². The fourth-order valence-electron chi connectivity index (χ4n) is 2.03. The van der Waals surface area contributed by atoms with Gasteiger partial charge in [0.25, 0.3) is 0 Å². The quantitative estimate of drug-likeness (QED) is 0.822. The van der Waals surface area contributed by atoms with Gasteiger partial charge in [0, 0.05) is 13.0 Å². The maximum atomic E-state index is 9.04. The van der Waals surface area contributed by atoms with Crippen LogP contribution in [-0.2, 0) is 13.0 Å². The summed E-state index contributed by atoms with van der Waals surface area (Å²) in [6.07, 6.45) is 2.92. The Morgan fingerprint density at radius 2 is 2.19 bits per heavy atom. The van der Waals surface area contributed by atoms with Crippen LogP contribution < -0.4 is 0 Å². The van der Waals surface area contributed by atoms with E-state index >= 15 is 0 Å². The Morgan fingerprint density at radius 3 is 2.75 bits per heavy atom. The molecule has 0 radical (unpaired) electrons. The van der Waals surface area contributed by atoms with Crippen molar-refractivity contribution >= 4 is 0 Å². The van der Waals surface area contributed by atoms with Crippen molar-refractivity contribution in [2.45, 2.75) is 32.7 Å². The molecule has 0 aromatic carbocycles. The molecule has 1 aromatic rings. The van der Waals surface area contributed by atoms with Crippen LogP contribution in [0.25, 0.3) is 0 Å². The van der Waals surface area contributed by atoms with Gasteiger partial charge in [0.05, 0.1) is 6.54 Å². The summed E-state index contributed by atoms with van der Waals surface area (Å²) in [7, 11) is 0. The number of hydrogen-bond donors (Lipinski definition) is 1. The van der Waals surface area contributed by atoms with Crippen molar-refractivity contribution in [3.63, 3.8) is 0 Å². The third-order valence-corrected chi connectivity index (χ3v) is 3.14. The van der Waals surface area contributed by atoms with Gasteiger partial charge in [-0.1, -0.05) is 12.1 Å². The highest BCUT2D eigenvalue weighted by atomic mass is 16.5. The maximum Gasteiger partial charge on any atom is 0.226 e. The summed E-state index contributed by atoms with van der Waals surface area (Å²) in [5.41, 5.74) is 0. The second-order valence-electron chi connectivity index (χ2n) is 4.36. The summed E-state index contributed by atoms with van der Waals surface area (Å²) in [5.74, 6) is 1.97. The number of aliphatic hydroxyl groups is 1. The van der Waals surface area contributed by atoms with Crippen molar-refractivity contribution < 1.29 is 9.63 Å². The van der Waals surface area contributed by atoms with Crippen LogP contribution in [-0.4, -0.2) is 39.8 Å². The van der Waals surface area contributed by atoms with Gasteiger partial charge in [0.1, 0.15) is 0 Å². The van der Waals surface area contributed by atoms with Gasteiger partial charge in [-0.2, -0.15) is 4.98 Å². The molecule has 1 N–H and O–H groups in total. The topological polar surface area (TPSA) is 62.4 Å². The lowest BCUT2D eigenvalue weighted by atomic mass is 9.98. The van der Waals surface area contributed by atoms with Crippen molar-refractivity contribution in [2.75, 3.05) is 19.7 Å². The lowest BCUT2D eigenvalue weighted by molar-refractivity contribution is 0.125. The predicted molar refractivity (Wildman–Crippen MR) is 58.8 cm³/mol. The number of aliphatic hydroxyl groups excluding tert-OH is 1. The van der Waals surface area contributed by atoms with E-state index in [1.165, 1.54) is 0 Å². The van der Waals surface area contributed by atoms with E-state index in [-0.39, 0.29) is 0 Å². The minimum atomic E-state index is 0.316. The van der Waals surface area contributed by atoms with E-state index < -0.39 is 0 Å². The first-order chi connectivity index (χ1) is 7.81. The first kappa shape index (κ1) is 11.5. The molecule has 0 aliphatic carbocycles. The Hall–Kier alpha value is -0.940. The molecule has 2 rings (SSSR count). The molecule has 0 atom stereocenters. The largest absolute Gasteiger partial charge is 0.396 e. The molecule has 1 aliphatic rings. The highest BCUT2D eigenvalue weighted by Crippen LogP contribution is 2.17. The van der Waals surface area contributed by atoms with Crippen LogP contribution in [0, 0.1) is 5.92 Å². The normalized spacial score (nSPS) is 19.1. The Kier molecular flexibility index (Phi) is 3.90. The van der Waals surface area contributed by atoms with Crippen molar-refractivity contribution in [2.24, 2.45) is 5.92 Å². The molecule has 0 bridgehead atoms. The van der Waals surface area contributed by atoms with Crippen LogP contribution in [0.5, 0.6) is 0 Å². The number of likely N-dealkylation sites (tertiary alicyclic amines) is 1. The van der Waals surface area contributed by atoms with Crippen molar-refractivity contribution in [1.29, 1.82) is 0 Å². The third kappa shape index (κ3) is 2.80. The van der Waals surface area contributed by atoms with Gasteiger partial charge in [0.2, 0.25) is 5.89 Å². The number of piperidine rings is 1. The zero-order valence-corrected chi connectivity index (χ0v) is 9.72. The third-order valence-electron chi connectivity index (χ3n) is 3.14. The van der Waals surface area contributed by atoms with Gasteiger partial charge >= 0.3 is 0 Å². The summed E-state index contributed by atoms with van der Waals surface area (Å²) >= 11 is 0. The van der Waals surface area contributed by atoms with Crippen LogP contribution in [0.2, 0.25) is 0 Å². The second kappa shape index (κ2) is 5.41. The summed E-state index contributed by atoms with van der Waals surface area (Å²) in [6.45, 7) is 5.12. The molecule has 1 aromatic heterocycles. The average Bonchev–Trinajstić information content (AvgIpc) is 2.78. The molecular weight excluding hydrogens is 206 g/mol. The highest BCUT2D eigenvalue weighted by molar-refractivity contribution is 4.87. The fraction of sp³-hybridized carbons (Fsp3) is 0.818. The number of nitrogens with zero attached hydrogens (tertiary/aromatic N) is 3. The minimum Gasteiger partial charge on any atom is -0.396 e. The predicted octanol–water partition coefficient (Wildman–Crippen LogP) is 0.836. The molecule has 0 amide bonds. The van der Waals surface area contributed by atoms with Gasteiger partial charge in [-0.05, 0) is 31.8 Å². The fourth-order valence-corrected chi connectivity index (χ4v) is 2.03. The first-order valence-corrected chi connectivity index (χ1v) is 5.96. The SMILES string of the molecule is CCc1nc(CN2CCC(CO)CC2)no1. The monoisotopic (exact) mass is 225 g/mol. The Balaban J connectivity index is 1.82. The van der Waals surface area contributed by atoms with E-state index in [4.69, 9.17) is 9.63 Å². The number of hydrogen-bond acceptors (Lipinski definition) is 5. The van der Waals surface area contributed by atoms with Gasteiger partial charge in [-0.3, -0.25) is 4.90 Å². The molecule has 90 valence electrons. The smallest absolute Gasteiger partial charge is 0.226 e. The van der Waals surface area contributed by atoms with Crippen LogP contribution >= 0.6 is 0 Å². The van der Waals surface area contributed by atoms with E-state index in [0.717, 1.165) is 44.7 Å². The van der Waals surface area contributed by atoms with E-state index in [2.05, 4.69) is 15.0 Å². The number of rotatable bonds is 4. The summed E-state index contributed by atoms with van der Waals surface area (Å²) < 4.78 is 5.07. The van der Waals surface area contributed by atoms with Crippen molar-refractivity contribution in [3.05, 3.63) is 11.7 Å². The van der Waals surface area contributed by atoms with Crippen molar-refractivity contribution in [3.8, 4) is 0 Å². The second-order valence-corrected chi connectivity index (χ2v) is 4.36. The lowest BCUT2D eigenvalue weighted by Crippen LogP contribution is -2.34. The molecule has 0 spiro atoms. The Morgan fingerprint density at radius 1 is 1.44 bits per heavy atom. The summed E-state index contributed by atoms with van der Waals surface area (Å²) in [6, 6.07) is 0. The van der Waals surface area contributed by atoms with Gasteiger partial charge in [-0.25, -0.2) is 0 Å². The first-order valence-electron chi connectivity index (χ1n) is 5.96. The number of aromatic nitrogens is 2. The summed E-state index contributed by atoms with van der Waals surface area (Å²) in [4.78, 5) is 6.61. The lowest BCUT2D eigenvalue weighted by Gasteiger charge is -2.29. The molecule has 1 aliphatic heterocycles. The molecule has 5 heteroatoms. The van der Waals surface area contributed by atoms with E-state index in [1.54, 1.807) is 0 Å². The van der Waals surface area contributed by atoms with E-state index in [0.29, 0.717) is 18.4 Å². The number of aryl methyl sites for hydroxylation is 1. The average molecular weight is 225 g/mol. The Bertz CT molecular complexity index is 319. The Labute approximate surface area is 95.4 Å². The molecule has 5 nitrogen and oxygen atoms in total. The van der Waals surface area contributed by atoms with E-state index in [9.17, 15) is 0 Å². The molecule has 1 fully saturated rings. The van der Waals surface area contributed by atoms with Crippen LogP contribution in [0.1, 0.15) is 31.5 Å². The highest BCUT2D eigenvalue weighted by Gasteiger charge is 2.19. The van der Waals surface area contributed by atoms with Crippen LogP contribution in [0.15, 0.2) is 4.52 Å². The standard InChI is InChI=1S/C11H19N3O2/c1-2-11-12-10(13-16-11)7-14-5-3-9(8-15)4-6-14/h9,15H,2-8H2,1H3. The summed E-state index contributed by atoms with van der Waals surface area (Å²) in [5, 5.41) is 13.0. The maximum absolute atomic E-state index is 9.04. The molecule has 16 heavy (non-hydrogen) atoms. The molecule has 2 heterocycles. The van der Waals surface area contributed by atoms with Gasteiger partial charge in [0.15, 0.2) is 5.82 Å². The van der Waals surface area contributed by atoms with Gasteiger partial charge in [-0.15, -0.1) is 0 Å². The molecule has 0 saturated carbocycles. The minimum absolute atomic E-state index is 0.316. The van der Waals surface area contributed by atoms with E-state index in [1.807, 2.05) is 6.92 Å². The molecular formula is C11H19N3O2. The molecule has 0 unspecified atom stereocenters. The van der Waals surface area contributed by atoms with Crippen LogP contribution in [0.3, 0.4) is 0 Å². The molecule has 1 saturated heterocycles. The zero-order chi connectivity index (χ0) is 11.4. The van der Waals surface area contributed by atoms with Crippen LogP contribution in [0.4, 0.5) is 0 Å². The van der Waals surface area contributed by atoms with Gasteiger partial charge < -0.3 is 9.63 Å². The zero-order valence-electron chi connectivity index (χ0n) is 9.72.